The van der Waals surface area contributed by atoms with Crippen molar-refractivity contribution in [3.8, 4) is 0 Å². The lowest BCUT2D eigenvalue weighted by molar-refractivity contribution is -0.137. The SMILES string of the molecule is CN1CCCC1c1nc2ccc(C3CCC(c4ccc5nc(C6CCCN6C(=O)OC(C)(C)C)[nH]c5c4)N3O)cc2[nH]1. The van der Waals surface area contributed by atoms with Crippen molar-refractivity contribution in [2.24, 2.45) is 0 Å². The van der Waals surface area contributed by atoms with Gasteiger partial charge in [-0.15, -0.1) is 0 Å². The number of amides is 1. The average molecular weight is 572 g/mol. The van der Waals surface area contributed by atoms with Crippen molar-refractivity contribution < 1.29 is 14.7 Å². The van der Waals surface area contributed by atoms with E-state index in [1.54, 1.807) is 4.90 Å². The number of imidazole rings is 2. The number of hydrogen-bond donors (Lipinski definition) is 3. The largest absolute Gasteiger partial charge is 0.444 e. The zero-order chi connectivity index (χ0) is 29.2. The lowest BCUT2D eigenvalue weighted by atomic mass is 10.0. The number of H-pyrrole nitrogens is 2. The monoisotopic (exact) mass is 571 g/mol. The number of benzene rings is 2. The molecule has 3 aliphatic rings. The molecule has 0 radical (unpaired) electrons. The number of likely N-dealkylation sites (tertiary alicyclic amines) is 2. The van der Waals surface area contributed by atoms with Gasteiger partial charge in [0.25, 0.3) is 0 Å². The third-order valence-corrected chi connectivity index (χ3v) is 9.20. The lowest BCUT2D eigenvalue weighted by Crippen LogP contribution is -2.36. The second-order valence-corrected chi connectivity index (χ2v) is 13.3. The molecule has 4 aromatic rings. The van der Waals surface area contributed by atoms with Gasteiger partial charge in [-0.05, 0) is 108 Å². The van der Waals surface area contributed by atoms with Crippen LogP contribution in [-0.2, 0) is 4.74 Å². The van der Waals surface area contributed by atoms with Gasteiger partial charge in [-0.3, -0.25) is 9.80 Å². The van der Waals surface area contributed by atoms with Crippen molar-refractivity contribution in [1.29, 1.82) is 0 Å². The fourth-order valence-corrected chi connectivity index (χ4v) is 7.11. The summed E-state index contributed by atoms with van der Waals surface area (Å²) in [4.78, 5) is 33.7. The van der Waals surface area contributed by atoms with E-state index in [1.165, 1.54) is 11.5 Å². The minimum Gasteiger partial charge on any atom is -0.444 e. The molecule has 2 aromatic heterocycles. The Balaban J connectivity index is 1.09. The number of nitrogens with zero attached hydrogens (tertiary/aromatic N) is 5. The molecule has 222 valence electrons. The number of nitrogens with one attached hydrogen (secondary N) is 2. The van der Waals surface area contributed by atoms with Crippen LogP contribution in [0.4, 0.5) is 4.79 Å². The number of carbonyl (C=O) groups is 1. The van der Waals surface area contributed by atoms with Crippen molar-refractivity contribution >= 4 is 28.2 Å². The van der Waals surface area contributed by atoms with Crippen LogP contribution in [0, 0.1) is 0 Å². The smallest absolute Gasteiger partial charge is 0.410 e. The molecule has 42 heavy (non-hydrogen) atoms. The second-order valence-electron chi connectivity index (χ2n) is 13.3. The highest BCUT2D eigenvalue weighted by Gasteiger charge is 2.37. The first-order valence-corrected chi connectivity index (χ1v) is 15.3. The molecule has 10 nitrogen and oxygen atoms in total. The topological polar surface area (TPSA) is 114 Å². The van der Waals surface area contributed by atoms with Gasteiger partial charge in [0.15, 0.2) is 0 Å². The Morgan fingerprint density at radius 1 is 0.833 bits per heavy atom. The highest BCUT2D eigenvalue weighted by atomic mass is 16.6. The molecule has 4 unspecified atom stereocenters. The van der Waals surface area contributed by atoms with Crippen LogP contribution in [0.2, 0.25) is 0 Å². The van der Waals surface area contributed by atoms with Gasteiger partial charge >= 0.3 is 6.09 Å². The number of rotatable bonds is 4. The second kappa shape index (κ2) is 10.4. The van der Waals surface area contributed by atoms with E-state index in [0.29, 0.717) is 12.6 Å². The maximum absolute atomic E-state index is 12.8. The Bertz CT molecular complexity index is 1620. The van der Waals surface area contributed by atoms with Crippen molar-refractivity contribution in [3.05, 3.63) is 59.2 Å². The van der Waals surface area contributed by atoms with E-state index < -0.39 is 5.60 Å². The van der Waals surface area contributed by atoms with Gasteiger partial charge in [-0.1, -0.05) is 12.1 Å². The maximum atomic E-state index is 12.8. The summed E-state index contributed by atoms with van der Waals surface area (Å²) < 4.78 is 5.65. The Morgan fingerprint density at radius 3 is 1.93 bits per heavy atom. The van der Waals surface area contributed by atoms with Gasteiger partial charge in [0, 0.05) is 6.54 Å². The van der Waals surface area contributed by atoms with Crippen LogP contribution in [0.15, 0.2) is 36.4 Å². The van der Waals surface area contributed by atoms with Gasteiger partial charge < -0.3 is 19.9 Å². The molecule has 2 aromatic carbocycles. The minimum absolute atomic E-state index is 0.0887. The average Bonchev–Trinajstić information content (AvgIpc) is 3.76. The lowest BCUT2D eigenvalue weighted by Gasteiger charge is -2.27. The molecule has 1 amide bonds. The summed E-state index contributed by atoms with van der Waals surface area (Å²) in [5, 5.41) is 12.9. The van der Waals surface area contributed by atoms with Crippen LogP contribution in [0.3, 0.4) is 0 Å². The Hall–Kier alpha value is -3.47. The van der Waals surface area contributed by atoms with Gasteiger partial charge in [0.05, 0.1) is 46.2 Å². The highest BCUT2D eigenvalue weighted by molar-refractivity contribution is 5.77. The Kier molecular flexibility index (Phi) is 6.75. The molecule has 5 heterocycles. The number of aromatic nitrogens is 4. The summed E-state index contributed by atoms with van der Waals surface area (Å²) >= 11 is 0. The number of carbonyl (C=O) groups excluding carboxylic acids is 1. The van der Waals surface area contributed by atoms with E-state index in [4.69, 9.17) is 14.7 Å². The first-order valence-electron chi connectivity index (χ1n) is 15.3. The fourth-order valence-electron chi connectivity index (χ4n) is 7.11. The van der Waals surface area contributed by atoms with E-state index in [1.807, 2.05) is 26.8 Å². The summed E-state index contributed by atoms with van der Waals surface area (Å²) in [6.45, 7) is 7.43. The molecule has 10 heteroatoms. The predicted molar refractivity (Wildman–Crippen MR) is 160 cm³/mol. The van der Waals surface area contributed by atoms with Crippen molar-refractivity contribution in [2.45, 2.75) is 89.1 Å². The molecule has 3 fully saturated rings. The van der Waals surface area contributed by atoms with Crippen LogP contribution < -0.4 is 0 Å². The van der Waals surface area contributed by atoms with Crippen LogP contribution in [0.25, 0.3) is 22.1 Å². The third kappa shape index (κ3) is 4.95. The molecule has 3 aliphatic heterocycles. The van der Waals surface area contributed by atoms with E-state index in [-0.39, 0.29) is 24.2 Å². The highest BCUT2D eigenvalue weighted by Crippen LogP contribution is 2.44. The van der Waals surface area contributed by atoms with Gasteiger partial charge in [0.2, 0.25) is 0 Å². The van der Waals surface area contributed by atoms with Crippen LogP contribution in [0.5, 0.6) is 0 Å². The summed E-state index contributed by atoms with van der Waals surface area (Å²) in [6, 6.07) is 12.5. The molecule has 4 atom stereocenters. The molecular formula is C32H41N7O3. The van der Waals surface area contributed by atoms with Gasteiger partial charge in [0.1, 0.15) is 17.2 Å². The number of aromatic amines is 2. The number of ether oxygens (including phenoxy) is 1. The van der Waals surface area contributed by atoms with Gasteiger partial charge in [-0.25, -0.2) is 14.8 Å². The van der Waals surface area contributed by atoms with Crippen LogP contribution >= 0.6 is 0 Å². The van der Waals surface area contributed by atoms with E-state index in [2.05, 4.69) is 52.2 Å². The molecule has 0 aliphatic carbocycles. The quantitative estimate of drug-likeness (QED) is 0.255. The van der Waals surface area contributed by atoms with E-state index in [0.717, 1.165) is 83.5 Å². The third-order valence-electron chi connectivity index (χ3n) is 9.20. The molecule has 3 N–H and O–H groups in total. The first kappa shape index (κ1) is 27.4. The molecule has 0 saturated carbocycles. The van der Waals surface area contributed by atoms with Gasteiger partial charge in [-0.2, -0.15) is 5.06 Å². The number of hydroxylamine groups is 2. The summed E-state index contributed by atoms with van der Waals surface area (Å²) in [5.74, 6) is 1.82. The zero-order valence-corrected chi connectivity index (χ0v) is 24.9. The van der Waals surface area contributed by atoms with E-state index >= 15 is 0 Å². The molecular weight excluding hydrogens is 530 g/mol. The summed E-state index contributed by atoms with van der Waals surface area (Å²) in [6.07, 6.45) is 5.50. The van der Waals surface area contributed by atoms with Crippen molar-refractivity contribution in [2.75, 3.05) is 20.1 Å². The van der Waals surface area contributed by atoms with Crippen molar-refractivity contribution in [1.82, 2.24) is 34.8 Å². The first-order chi connectivity index (χ1) is 20.1. The normalized spacial score (nSPS) is 25.8. The van der Waals surface area contributed by atoms with E-state index in [9.17, 15) is 10.0 Å². The fraction of sp³-hybridized carbons (Fsp3) is 0.531. The van der Waals surface area contributed by atoms with Crippen molar-refractivity contribution in [3.63, 3.8) is 0 Å². The molecule has 0 spiro atoms. The summed E-state index contributed by atoms with van der Waals surface area (Å²) in [5.41, 5.74) is 5.38. The number of fused-ring (bicyclic) bond motifs is 2. The van der Waals surface area contributed by atoms with Crippen LogP contribution in [0.1, 0.15) is 106 Å². The standard InChI is InChI=1S/C32H41N7O3/c1-32(2,3)42-31(40)38-16-6-8-28(38)30-34-22-12-10-20(18-24(22)36-30)26-14-13-25(39(26)41)19-9-11-21-23(17-19)35-29(33-21)27-7-5-15-37(27)4/h9-12,17-18,25-28,41H,5-8,13-16H2,1-4H3,(H,33,35)(H,34,36). The molecule has 7 rings (SSSR count). The summed E-state index contributed by atoms with van der Waals surface area (Å²) in [7, 11) is 2.16. The maximum Gasteiger partial charge on any atom is 0.410 e. The number of hydrogen-bond acceptors (Lipinski definition) is 7. The zero-order valence-electron chi connectivity index (χ0n) is 24.9. The molecule has 3 saturated heterocycles. The molecule has 0 bridgehead atoms. The minimum atomic E-state index is -0.540. The Labute approximate surface area is 246 Å². The predicted octanol–water partition coefficient (Wildman–Crippen LogP) is 6.55. The Morgan fingerprint density at radius 2 is 1.38 bits per heavy atom. The van der Waals surface area contributed by atoms with Crippen LogP contribution in [-0.4, -0.2) is 71.8 Å².